The Labute approximate surface area is 104 Å². The molecule has 0 unspecified atom stereocenters. The smallest absolute Gasteiger partial charge is 0.329 e. The molecule has 0 spiro atoms. The molecule has 18 heavy (non-hydrogen) atoms. The third kappa shape index (κ3) is 2.00. The summed E-state index contributed by atoms with van der Waals surface area (Å²) < 4.78 is 2.95. The molecule has 2 rings (SSSR count). The van der Waals surface area contributed by atoms with Crippen molar-refractivity contribution in [1.29, 1.82) is 0 Å². The zero-order valence-corrected chi connectivity index (χ0v) is 10.0. The molecule has 0 aliphatic heterocycles. The highest BCUT2D eigenvalue weighted by atomic mass is 16.2. The van der Waals surface area contributed by atoms with Crippen molar-refractivity contribution in [1.82, 2.24) is 14.5 Å². The average Bonchev–Trinajstić information content (AvgIpc) is 2.62. The highest BCUT2D eigenvalue weighted by Gasteiger charge is 2.12. The van der Waals surface area contributed by atoms with Gasteiger partial charge in [-0.2, -0.15) is 0 Å². The first kappa shape index (κ1) is 12.0. The van der Waals surface area contributed by atoms with Gasteiger partial charge in [0.25, 0.3) is 0 Å². The van der Waals surface area contributed by atoms with Gasteiger partial charge in [0.15, 0.2) is 0 Å². The van der Waals surface area contributed by atoms with E-state index in [1.807, 2.05) is 24.3 Å². The van der Waals surface area contributed by atoms with Crippen LogP contribution < -0.4 is 11.0 Å². The van der Waals surface area contributed by atoms with E-state index in [2.05, 4.69) is 11.2 Å². The van der Waals surface area contributed by atoms with E-state index < -0.39 is 0 Å². The van der Waals surface area contributed by atoms with Gasteiger partial charge in [-0.3, -0.25) is 13.9 Å². The Kier molecular flexibility index (Phi) is 3.20. The van der Waals surface area contributed by atoms with E-state index in [1.165, 1.54) is 9.13 Å². The minimum Gasteiger partial charge on any atom is -0.344 e. The largest absolute Gasteiger partial charge is 0.344 e. The zero-order valence-electron chi connectivity index (χ0n) is 10.0. The van der Waals surface area contributed by atoms with E-state index in [-0.39, 0.29) is 24.7 Å². The minimum atomic E-state index is -0.272. The first-order valence-corrected chi connectivity index (χ1v) is 5.49. The number of amides is 1. The maximum Gasteiger partial charge on any atom is 0.329 e. The van der Waals surface area contributed by atoms with Crippen LogP contribution in [0.4, 0.5) is 0 Å². The van der Waals surface area contributed by atoms with Gasteiger partial charge < -0.3 is 5.32 Å². The van der Waals surface area contributed by atoms with Crippen LogP contribution in [0.3, 0.4) is 0 Å². The van der Waals surface area contributed by atoms with Crippen LogP contribution in [0.15, 0.2) is 29.1 Å². The second-order valence-electron chi connectivity index (χ2n) is 3.90. The first-order valence-electron chi connectivity index (χ1n) is 5.49. The van der Waals surface area contributed by atoms with Crippen molar-refractivity contribution in [3.05, 3.63) is 34.7 Å². The number of nitrogens with one attached hydrogen (secondary N) is 1. The molecule has 1 aromatic heterocycles. The summed E-state index contributed by atoms with van der Waals surface area (Å²) in [4.78, 5) is 23.6. The number of carbonyl (C=O) groups is 1. The number of aryl methyl sites for hydroxylation is 1. The predicted molar refractivity (Wildman–Crippen MR) is 69.0 cm³/mol. The molecule has 0 saturated heterocycles. The van der Waals surface area contributed by atoms with Crippen molar-refractivity contribution >= 4 is 16.9 Å². The van der Waals surface area contributed by atoms with Gasteiger partial charge in [0.05, 0.1) is 17.6 Å². The number of hydrogen-bond acceptors (Lipinski definition) is 2. The Hall–Kier alpha value is -2.48. The molecule has 1 N–H and O–H groups in total. The summed E-state index contributed by atoms with van der Waals surface area (Å²) in [5, 5.41) is 2.54. The lowest BCUT2D eigenvalue weighted by atomic mass is 10.3. The molecule has 0 aliphatic rings. The number of carbonyl (C=O) groups excluding carboxylic acids is 1. The number of nitrogens with zero attached hydrogens (tertiary/aromatic N) is 2. The predicted octanol–water partition coefficient (Wildman–Crippen LogP) is 0.0894. The van der Waals surface area contributed by atoms with Crippen LogP contribution in [0, 0.1) is 12.3 Å². The van der Waals surface area contributed by atoms with Gasteiger partial charge in [-0.1, -0.05) is 18.1 Å². The van der Waals surface area contributed by atoms with E-state index in [9.17, 15) is 9.59 Å². The van der Waals surface area contributed by atoms with Crippen LogP contribution in [-0.4, -0.2) is 21.6 Å². The highest BCUT2D eigenvalue weighted by Crippen LogP contribution is 2.10. The number of aromatic nitrogens is 2. The van der Waals surface area contributed by atoms with Gasteiger partial charge in [0, 0.05) is 7.05 Å². The van der Waals surface area contributed by atoms with Gasteiger partial charge in [-0.15, -0.1) is 6.42 Å². The van der Waals surface area contributed by atoms with Crippen molar-refractivity contribution in [2.45, 2.75) is 6.54 Å². The van der Waals surface area contributed by atoms with Gasteiger partial charge >= 0.3 is 5.69 Å². The molecular formula is C13H13N3O2. The monoisotopic (exact) mass is 243 g/mol. The van der Waals surface area contributed by atoms with E-state index >= 15 is 0 Å². The fourth-order valence-electron chi connectivity index (χ4n) is 1.87. The third-order valence-corrected chi connectivity index (χ3v) is 2.74. The molecule has 1 aromatic carbocycles. The van der Waals surface area contributed by atoms with Crippen molar-refractivity contribution in [3.8, 4) is 12.3 Å². The first-order chi connectivity index (χ1) is 8.65. The van der Waals surface area contributed by atoms with Crippen LogP contribution in [0.2, 0.25) is 0 Å². The molecule has 0 bridgehead atoms. The summed E-state index contributed by atoms with van der Waals surface area (Å²) in [7, 11) is 1.68. The fraction of sp³-hybridized carbons (Fsp3) is 0.231. The van der Waals surface area contributed by atoms with Crippen molar-refractivity contribution < 1.29 is 4.79 Å². The van der Waals surface area contributed by atoms with Crippen LogP contribution >= 0.6 is 0 Å². The van der Waals surface area contributed by atoms with Crippen LogP contribution in [-0.2, 0) is 18.4 Å². The van der Waals surface area contributed by atoms with Crippen LogP contribution in [0.1, 0.15) is 0 Å². The summed E-state index contributed by atoms with van der Waals surface area (Å²) >= 11 is 0. The summed E-state index contributed by atoms with van der Waals surface area (Å²) in [6, 6.07) is 7.33. The number of hydrogen-bond donors (Lipinski definition) is 1. The van der Waals surface area contributed by atoms with Gasteiger partial charge in [-0.05, 0) is 12.1 Å². The van der Waals surface area contributed by atoms with E-state index in [0.29, 0.717) is 0 Å². The molecule has 1 heterocycles. The average molecular weight is 243 g/mol. The van der Waals surface area contributed by atoms with E-state index in [4.69, 9.17) is 6.42 Å². The molecule has 5 nitrogen and oxygen atoms in total. The molecule has 0 radical (unpaired) electrons. The van der Waals surface area contributed by atoms with Crippen LogP contribution in [0.5, 0.6) is 0 Å². The Bertz CT molecular complexity index is 688. The Morgan fingerprint density at radius 3 is 2.72 bits per heavy atom. The van der Waals surface area contributed by atoms with E-state index in [0.717, 1.165) is 11.0 Å². The molecular weight excluding hydrogens is 230 g/mol. The fourth-order valence-corrected chi connectivity index (χ4v) is 1.87. The second kappa shape index (κ2) is 4.80. The van der Waals surface area contributed by atoms with E-state index in [1.54, 1.807) is 7.05 Å². The molecule has 92 valence electrons. The lowest BCUT2D eigenvalue weighted by molar-refractivity contribution is -0.121. The lowest BCUT2D eigenvalue weighted by Gasteiger charge is -2.02. The topological polar surface area (TPSA) is 56.0 Å². The number of imidazole rings is 1. The van der Waals surface area contributed by atoms with Gasteiger partial charge in [-0.25, -0.2) is 4.79 Å². The summed E-state index contributed by atoms with van der Waals surface area (Å²) in [5.41, 5.74) is 1.32. The highest BCUT2D eigenvalue weighted by molar-refractivity contribution is 5.80. The lowest BCUT2D eigenvalue weighted by Crippen LogP contribution is -2.32. The number of rotatable bonds is 3. The summed E-state index contributed by atoms with van der Waals surface area (Å²) in [6.07, 6.45) is 5.06. The normalized spacial score (nSPS) is 10.2. The molecule has 1 amide bonds. The Morgan fingerprint density at radius 2 is 2.06 bits per heavy atom. The number of fused-ring (bicyclic) bond motifs is 1. The van der Waals surface area contributed by atoms with Crippen molar-refractivity contribution in [3.63, 3.8) is 0 Å². The quantitative estimate of drug-likeness (QED) is 0.777. The maximum atomic E-state index is 12.0. The molecule has 0 aliphatic carbocycles. The third-order valence-electron chi connectivity index (χ3n) is 2.74. The second-order valence-corrected chi connectivity index (χ2v) is 3.90. The maximum absolute atomic E-state index is 12.0. The Morgan fingerprint density at radius 1 is 1.39 bits per heavy atom. The molecule has 5 heteroatoms. The van der Waals surface area contributed by atoms with Gasteiger partial charge in [0.2, 0.25) is 5.91 Å². The number of terminal acetylenes is 1. The summed E-state index contributed by atoms with van der Waals surface area (Å²) in [5.74, 6) is 2.04. The van der Waals surface area contributed by atoms with Crippen molar-refractivity contribution in [2.24, 2.45) is 7.05 Å². The SMILES string of the molecule is C#CCNC(=O)Cn1c(=O)n(C)c2ccccc21. The van der Waals surface area contributed by atoms with Crippen molar-refractivity contribution in [2.75, 3.05) is 6.54 Å². The Balaban J connectivity index is 2.40. The van der Waals surface area contributed by atoms with Gasteiger partial charge in [0.1, 0.15) is 6.54 Å². The molecule has 2 aromatic rings. The molecule has 0 atom stereocenters. The standard InChI is InChI=1S/C13H13N3O2/c1-3-8-14-12(17)9-16-11-7-5-4-6-10(11)15(2)13(16)18/h1,4-7H,8-9H2,2H3,(H,14,17). The zero-order chi connectivity index (χ0) is 13.1. The van der Waals surface area contributed by atoms with Crippen LogP contribution in [0.25, 0.3) is 11.0 Å². The number of benzene rings is 1. The number of para-hydroxylation sites is 2. The molecule has 0 fully saturated rings. The minimum absolute atomic E-state index is 0.0259. The summed E-state index contributed by atoms with van der Waals surface area (Å²) in [6.45, 7) is 0.139. The molecule has 0 saturated carbocycles.